The average Bonchev–Trinajstić information content (AvgIpc) is 2.76. The molecule has 0 amide bonds. The van der Waals surface area contributed by atoms with Crippen LogP contribution >= 0.6 is 11.3 Å². The highest BCUT2D eigenvalue weighted by atomic mass is 32.1. The van der Waals surface area contributed by atoms with E-state index in [1.807, 2.05) is 17.4 Å². The quantitative estimate of drug-likeness (QED) is 0.405. The summed E-state index contributed by atoms with van der Waals surface area (Å²) < 4.78 is 0. The third-order valence-corrected chi connectivity index (χ3v) is 3.45. The molecule has 1 heterocycles. The van der Waals surface area contributed by atoms with E-state index in [9.17, 15) is 0 Å². The maximum Gasteiger partial charge on any atom is 0.0213 e. The van der Waals surface area contributed by atoms with Crippen LogP contribution in [0.15, 0.2) is 30.2 Å². The van der Waals surface area contributed by atoms with E-state index in [2.05, 4.69) is 29.5 Å². The first-order chi connectivity index (χ1) is 7.36. The van der Waals surface area contributed by atoms with Crippen LogP contribution in [-0.4, -0.2) is 6.04 Å². The topological polar surface area (TPSA) is 38.0 Å². The van der Waals surface area contributed by atoms with Crippen molar-refractivity contribution < 1.29 is 0 Å². The Labute approximate surface area is 96.2 Å². The zero-order valence-electron chi connectivity index (χ0n) is 9.11. The third kappa shape index (κ3) is 5.11. The fourth-order valence-corrected chi connectivity index (χ4v) is 2.36. The minimum Gasteiger partial charge on any atom is -0.271 e. The molecule has 1 rings (SSSR count). The van der Waals surface area contributed by atoms with Crippen molar-refractivity contribution in [3.05, 3.63) is 35.0 Å². The average molecular weight is 224 g/mol. The van der Waals surface area contributed by atoms with Crippen LogP contribution in [0.2, 0.25) is 0 Å². The van der Waals surface area contributed by atoms with E-state index in [-0.39, 0.29) is 0 Å². The maximum absolute atomic E-state index is 5.49. The summed E-state index contributed by atoms with van der Waals surface area (Å²) in [7, 11) is 0. The minimum absolute atomic E-state index is 0.433. The molecule has 3 heteroatoms. The van der Waals surface area contributed by atoms with Crippen LogP contribution in [0.5, 0.6) is 0 Å². The second-order valence-corrected chi connectivity index (χ2v) is 4.73. The summed E-state index contributed by atoms with van der Waals surface area (Å²) >= 11 is 1.83. The molecule has 84 valence electrons. The fraction of sp³-hybridized carbons (Fsp3) is 0.500. The Bertz CT molecular complexity index is 257. The van der Waals surface area contributed by atoms with E-state index >= 15 is 0 Å². The summed E-state index contributed by atoms with van der Waals surface area (Å²) in [5, 5.41) is 2.13. The monoisotopic (exact) mass is 224 g/mol. The Hall–Kier alpha value is -0.640. The van der Waals surface area contributed by atoms with Gasteiger partial charge in [0.15, 0.2) is 0 Å². The SMILES string of the molecule is C=CCCC(CCCc1cccs1)NN. The molecule has 0 aliphatic rings. The van der Waals surface area contributed by atoms with E-state index in [0.717, 1.165) is 19.3 Å². The van der Waals surface area contributed by atoms with Gasteiger partial charge in [-0.1, -0.05) is 12.1 Å². The van der Waals surface area contributed by atoms with Crippen molar-refractivity contribution in [2.75, 3.05) is 0 Å². The smallest absolute Gasteiger partial charge is 0.0213 e. The lowest BCUT2D eigenvalue weighted by molar-refractivity contribution is 0.455. The number of allylic oxidation sites excluding steroid dienone is 1. The molecule has 0 aliphatic carbocycles. The molecule has 0 aromatic carbocycles. The number of nitrogens with two attached hydrogens (primary N) is 1. The van der Waals surface area contributed by atoms with Gasteiger partial charge < -0.3 is 0 Å². The van der Waals surface area contributed by atoms with E-state index in [1.165, 1.54) is 17.7 Å². The molecule has 0 radical (unpaired) electrons. The first-order valence-electron chi connectivity index (χ1n) is 5.46. The largest absolute Gasteiger partial charge is 0.271 e. The lowest BCUT2D eigenvalue weighted by atomic mass is 10.0. The molecule has 3 N–H and O–H groups in total. The van der Waals surface area contributed by atoms with Crippen molar-refractivity contribution >= 4 is 11.3 Å². The molecule has 0 spiro atoms. The van der Waals surface area contributed by atoms with Crippen molar-refractivity contribution in [3.8, 4) is 0 Å². The highest BCUT2D eigenvalue weighted by Crippen LogP contribution is 2.13. The van der Waals surface area contributed by atoms with Crippen molar-refractivity contribution in [1.82, 2.24) is 5.43 Å². The van der Waals surface area contributed by atoms with E-state index in [4.69, 9.17) is 5.84 Å². The predicted octanol–water partition coefficient (Wildman–Crippen LogP) is 2.87. The molecule has 0 saturated carbocycles. The van der Waals surface area contributed by atoms with Crippen LogP contribution in [0.1, 0.15) is 30.6 Å². The van der Waals surface area contributed by atoms with Crippen LogP contribution in [0.3, 0.4) is 0 Å². The van der Waals surface area contributed by atoms with Gasteiger partial charge in [-0.3, -0.25) is 11.3 Å². The molecule has 0 bridgehead atoms. The van der Waals surface area contributed by atoms with Gasteiger partial charge in [0.25, 0.3) is 0 Å². The standard InChI is InChI=1S/C12H20N2S/c1-2-3-6-11(14-13)7-4-8-12-9-5-10-15-12/h2,5,9-11,14H,1,3-4,6-8,13H2. The molecule has 0 saturated heterocycles. The highest BCUT2D eigenvalue weighted by Gasteiger charge is 2.05. The van der Waals surface area contributed by atoms with Gasteiger partial charge in [-0.05, 0) is 43.6 Å². The van der Waals surface area contributed by atoms with Gasteiger partial charge in [0, 0.05) is 10.9 Å². The molecule has 0 fully saturated rings. The van der Waals surface area contributed by atoms with Crippen LogP contribution in [-0.2, 0) is 6.42 Å². The van der Waals surface area contributed by atoms with Crippen LogP contribution < -0.4 is 11.3 Å². The first-order valence-corrected chi connectivity index (χ1v) is 6.34. The number of hydrogen-bond acceptors (Lipinski definition) is 3. The number of hydrazine groups is 1. The summed E-state index contributed by atoms with van der Waals surface area (Å²) in [6.45, 7) is 3.72. The summed E-state index contributed by atoms with van der Waals surface area (Å²) in [6, 6.07) is 4.73. The Morgan fingerprint density at radius 3 is 3.00 bits per heavy atom. The van der Waals surface area contributed by atoms with Crippen LogP contribution in [0.4, 0.5) is 0 Å². The highest BCUT2D eigenvalue weighted by molar-refractivity contribution is 7.09. The van der Waals surface area contributed by atoms with Gasteiger partial charge in [0.2, 0.25) is 0 Å². The zero-order chi connectivity index (χ0) is 10.9. The Balaban J connectivity index is 2.14. The van der Waals surface area contributed by atoms with Crippen LogP contribution in [0, 0.1) is 0 Å². The number of aryl methyl sites for hydroxylation is 1. The Kier molecular flexibility index (Phi) is 6.32. The first kappa shape index (κ1) is 12.4. The number of nitrogens with one attached hydrogen (secondary N) is 1. The normalized spacial score (nSPS) is 12.6. The summed E-state index contributed by atoms with van der Waals surface area (Å²) in [5.41, 5.74) is 2.87. The van der Waals surface area contributed by atoms with Gasteiger partial charge in [-0.15, -0.1) is 17.9 Å². The number of thiophene rings is 1. The summed E-state index contributed by atoms with van der Waals surface area (Å²) in [4.78, 5) is 1.47. The van der Waals surface area contributed by atoms with Crippen molar-refractivity contribution in [2.45, 2.75) is 38.1 Å². The minimum atomic E-state index is 0.433. The van der Waals surface area contributed by atoms with E-state index < -0.39 is 0 Å². The lowest BCUT2D eigenvalue weighted by Gasteiger charge is -2.14. The van der Waals surface area contributed by atoms with Gasteiger partial charge in [0.1, 0.15) is 0 Å². The van der Waals surface area contributed by atoms with Gasteiger partial charge in [-0.2, -0.15) is 0 Å². The van der Waals surface area contributed by atoms with Crippen molar-refractivity contribution in [3.63, 3.8) is 0 Å². The fourth-order valence-electron chi connectivity index (χ4n) is 1.61. The number of hydrogen-bond donors (Lipinski definition) is 2. The summed E-state index contributed by atoms with van der Waals surface area (Å²) in [6.07, 6.45) is 7.58. The Morgan fingerprint density at radius 1 is 1.53 bits per heavy atom. The lowest BCUT2D eigenvalue weighted by Crippen LogP contribution is -2.34. The molecular formula is C12H20N2S. The molecule has 15 heavy (non-hydrogen) atoms. The summed E-state index contributed by atoms with van der Waals surface area (Å²) in [5.74, 6) is 5.49. The molecule has 1 atom stereocenters. The van der Waals surface area contributed by atoms with Gasteiger partial charge in [0.05, 0.1) is 0 Å². The van der Waals surface area contributed by atoms with Crippen LogP contribution in [0.25, 0.3) is 0 Å². The zero-order valence-corrected chi connectivity index (χ0v) is 9.93. The second kappa shape index (κ2) is 7.63. The molecule has 2 nitrogen and oxygen atoms in total. The molecule has 1 unspecified atom stereocenters. The predicted molar refractivity (Wildman–Crippen MR) is 67.8 cm³/mol. The van der Waals surface area contributed by atoms with E-state index in [1.54, 1.807) is 0 Å². The maximum atomic E-state index is 5.49. The van der Waals surface area contributed by atoms with Gasteiger partial charge >= 0.3 is 0 Å². The van der Waals surface area contributed by atoms with Gasteiger partial charge in [-0.25, -0.2) is 0 Å². The van der Waals surface area contributed by atoms with Crippen molar-refractivity contribution in [1.29, 1.82) is 0 Å². The molecule has 1 aromatic heterocycles. The van der Waals surface area contributed by atoms with E-state index in [0.29, 0.717) is 6.04 Å². The third-order valence-electron chi connectivity index (χ3n) is 2.51. The Morgan fingerprint density at radius 2 is 2.40 bits per heavy atom. The molecule has 0 aliphatic heterocycles. The molecular weight excluding hydrogens is 204 g/mol. The number of rotatable bonds is 8. The van der Waals surface area contributed by atoms with Crippen molar-refractivity contribution in [2.24, 2.45) is 5.84 Å². The molecule has 1 aromatic rings. The second-order valence-electron chi connectivity index (χ2n) is 3.70.